The molecule has 1 heterocycles. The number of carbonyl (C=O) groups is 1. The standard InChI is InChI=1S/C12H23NO3S/c1-4-10(5-2)12(14)13-8-6-11(7-9-13)17(3,15)16/h10-11H,4-9H2,1-3H3. The van der Waals surface area contributed by atoms with Crippen LogP contribution in [0.25, 0.3) is 0 Å². The van der Waals surface area contributed by atoms with Gasteiger partial charge in [-0.15, -0.1) is 0 Å². The number of carbonyl (C=O) groups excluding carboxylic acids is 1. The summed E-state index contributed by atoms with van der Waals surface area (Å²) in [5, 5.41) is -0.256. The minimum atomic E-state index is -2.94. The molecule has 5 heteroatoms. The molecule has 0 saturated carbocycles. The smallest absolute Gasteiger partial charge is 0.225 e. The van der Waals surface area contributed by atoms with Gasteiger partial charge in [0.15, 0.2) is 0 Å². The molecule has 1 fully saturated rings. The number of hydrogen-bond donors (Lipinski definition) is 0. The van der Waals surface area contributed by atoms with Crippen molar-refractivity contribution < 1.29 is 13.2 Å². The lowest BCUT2D eigenvalue weighted by molar-refractivity contribution is -0.136. The van der Waals surface area contributed by atoms with Crippen molar-refractivity contribution in [2.24, 2.45) is 5.92 Å². The van der Waals surface area contributed by atoms with Gasteiger partial charge in [-0.2, -0.15) is 0 Å². The highest BCUT2D eigenvalue weighted by atomic mass is 32.2. The van der Waals surface area contributed by atoms with E-state index in [1.165, 1.54) is 6.26 Å². The largest absolute Gasteiger partial charge is 0.342 e. The molecular weight excluding hydrogens is 238 g/mol. The molecule has 17 heavy (non-hydrogen) atoms. The molecule has 0 spiro atoms. The van der Waals surface area contributed by atoms with E-state index in [0.717, 1.165) is 12.8 Å². The number of likely N-dealkylation sites (tertiary alicyclic amines) is 1. The lowest BCUT2D eigenvalue weighted by Gasteiger charge is -2.33. The third-order valence-electron chi connectivity index (χ3n) is 3.69. The Morgan fingerprint density at radius 3 is 2.06 bits per heavy atom. The van der Waals surface area contributed by atoms with Crippen molar-refractivity contribution in [1.29, 1.82) is 0 Å². The number of sulfone groups is 1. The fourth-order valence-corrected chi connectivity index (χ4v) is 3.47. The van der Waals surface area contributed by atoms with Gasteiger partial charge in [-0.05, 0) is 25.7 Å². The normalized spacial score (nSPS) is 18.7. The van der Waals surface area contributed by atoms with Gasteiger partial charge in [0.25, 0.3) is 0 Å². The second-order valence-corrected chi connectivity index (χ2v) is 7.19. The molecule has 1 aliphatic heterocycles. The van der Waals surface area contributed by atoms with Gasteiger partial charge in [0.2, 0.25) is 5.91 Å². The predicted molar refractivity (Wildman–Crippen MR) is 68.5 cm³/mol. The Labute approximate surface area is 104 Å². The van der Waals surface area contributed by atoms with E-state index in [1.54, 1.807) is 0 Å². The zero-order valence-corrected chi connectivity index (χ0v) is 11.8. The SMILES string of the molecule is CCC(CC)C(=O)N1CCC(S(C)(=O)=O)CC1. The van der Waals surface area contributed by atoms with Crippen molar-refractivity contribution >= 4 is 15.7 Å². The zero-order chi connectivity index (χ0) is 13.1. The van der Waals surface area contributed by atoms with E-state index in [2.05, 4.69) is 0 Å². The van der Waals surface area contributed by atoms with Crippen LogP contribution in [0.2, 0.25) is 0 Å². The maximum absolute atomic E-state index is 12.1. The van der Waals surface area contributed by atoms with Crippen LogP contribution in [-0.2, 0) is 14.6 Å². The van der Waals surface area contributed by atoms with Crippen LogP contribution in [0, 0.1) is 5.92 Å². The summed E-state index contributed by atoms with van der Waals surface area (Å²) in [5.41, 5.74) is 0. The van der Waals surface area contributed by atoms with Crippen LogP contribution in [0.5, 0.6) is 0 Å². The molecule has 0 aromatic carbocycles. The minimum absolute atomic E-state index is 0.102. The summed E-state index contributed by atoms with van der Waals surface area (Å²) in [7, 11) is -2.94. The Hall–Kier alpha value is -0.580. The van der Waals surface area contributed by atoms with Gasteiger partial charge >= 0.3 is 0 Å². The molecule has 0 aliphatic carbocycles. The van der Waals surface area contributed by atoms with E-state index < -0.39 is 9.84 Å². The average molecular weight is 261 g/mol. The Morgan fingerprint density at radius 1 is 1.24 bits per heavy atom. The number of piperidine rings is 1. The molecule has 100 valence electrons. The van der Waals surface area contributed by atoms with E-state index in [-0.39, 0.29) is 17.1 Å². The van der Waals surface area contributed by atoms with Crippen molar-refractivity contribution in [2.75, 3.05) is 19.3 Å². The number of nitrogens with zero attached hydrogens (tertiary/aromatic N) is 1. The molecular formula is C12H23NO3S. The van der Waals surface area contributed by atoms with Gasteiger partial charge in [-0.3, -0.25) is 4.79 Å². The summed E-state index contributed by atoms with van der Waals surface area (Å²) in [6, 6.07) is 0. The Kier molecular flexibility index (Phi) is 4.98. The molecule has 0 bridgehead atoms. The maximum Gasteiger partial charge on any atom is 0.225 e. The molecule has 0 N–H and O–H groups in total. The summed E-state index contributed by atoms with van der Waals surface area (Å²) in [4.78, 5) is 13.9. The second-order valence-electron chi connectivity index (χ2n) is 4.87. The highest BCUT2D eigenvalue weighted by Crippen LogP contribution is 2.20. The molecule has 0 aromatic heterocycles. The van der Waals surface area contributed by atoms with Gasteiger partial charge in [0.1, 0.15) is 9.84 Å². The minimum Gasteiger partial charge on any atom is -0.342 e. The van der Waals surface area contributed by atoms with E-state index >= 15 is 0 Å². The fourth-order valence-electron chi connectivity index (χ4n) is 2.40. The molecule has 0 radical (unpaired) electrons. The van der Waals surface area contributed by atoms with Crippen LogP contribution in [0.3, 0.4) is 0 Å². The van der Waals surface area contributed by atoms with E-state index in [9.17, 15) is 13.2 Å². The molecule has 1 saturated heterocycles. The molecule has 1 aliphatic rings. The van der Waals surface area contributed by atoms with Gasteiger partial charge in [-0.1, -0.05) is 13.8 Å². The summed E-state index contributed by atoms with van der Waals surface area (Å²) >= 11 is 0. The molecule has 0 atom stereocenters. The molecule has 0 aromatic rings. The molecule has 4 nitrogen and oxygen atoms in total. The zero-order valence-electron chi connectivity index (χ0n) is 11.0. The first-order valence-corrected chi connectivity index (χ1v) is 8.33. The highest BCUT2D eigenvalue weighted by Gasteiger charge is 2.30. The molecule has 1 amide bonds. The van der Waals surface area contributed by atoms with Gasteiger partial charge < -0.3 is 4.90 Å². The summed E-state index contributed by atoms with van der Waals surface area (Å²) < 4.78 is 22.8. The van der Waals surface area contributed by atoms with Crippen LogP contribution in [0.15, 0.2) is 0 Å². The number of hydrogen-bond acceptors (Lipinski definition) is 3. The molecule has 1 rings (SSSR count). The fraction of sp³-hybridized carbons (Fsp3) is 0.917. The van der Waals surface area contributed by atoms with E-state index in [1.807, 2.05) is 18.7 Å². The quantitative estimate of drug-likeness (QED) is 0.770. The second kappa shape index (κ2) is 5.85. The topological polar surface area (TPSA) is 54.5 Å². The average Bonchev–Trinajstić information content (AvgIpc) is 2.29. The Bertz CT molecular complexity index is 352. The third kappa shape index (κ3) is 3.69. The lowest BCUT2D eigenvalue weighted by atomic mass is 10.00. The first kappa shape index (κ1) is 14.5. The predicted octanol–water partition coefficient (Wildman–Crippen LogP) is 1.46. The number of rotatable bonds is 4. The van der Waals surface area contributed by atoms with Crippen LogP contribution in [0.1, 0.15) is 39.5 Å². The first-order chi connectivity index (χ1) is 7.90. The summed E-state index contributed by atoms with van der Waals surface area (Å²) in [5.74, 6) is 0.298. The van der Waals surface area contributed by atoms with Crippen molar-refractivity contribution in [2.45, 2.75) is 44.8 Å². The summed E-state index contributed by atoms with van der Waals surface area (Å²) in [6.07, 6.45) is 4.19. The van der Waals surface area contributed by atoms with Crippen LogP contribution in [0.4, 0.5) is 0 Å². The maximum atomic E-state index is 12.1. The van der Waals surface area contributed by atoms with Gasteiger partial charge in [-0.25, -0.2) is 8.42 Å². The van der Waals surface area contributed by atoms with E-state index in [4.69, 9.17) is 0 Å². The lowest BCUT2D eigenvalue weighted by Crippen LogP contribution is -2.44. The third-order valence-corrected chi connectivity index (χ3v) is 5.38. The van der Waals surface area contributed by atoms with E-state index in [0.29, 0.717) is 25.9 Å². The van der Waals surface area contributed by atoms with Crippen LogP contribution >= 0.6 is 0 Å². The molecule has 0 unspecified atom stereocenters. The van der Waals surface area contributed by atoms with Crippen molar-refractivity contribution in [3.63, 3.8) is 0 Å². The number of amides is 1. The van der Waals surface area contributed by atoms with Gasteiger partial charge in [0.05, 0.1) is 5.25 Å². The monoisotopic (exact) mass is 261 g/mol. The van der Waals surface area contributed by atoms with Crippen LogP contribution in [-0.4, -0.2) is 43.8 Å². The van der Waals surface area contributed by atoms with Gasteiger partial charge in [0, 0.05) is 25.3 Å². The van der Waals surface area contributed by atoms with Crippen molar-refractivity contribution in [3.05, 3.63) is 0 Å². The Balaban J connectivity index is 2.55. The van der Waals surface area contributed by atoms with Crippen molar-refractivity contribution in [1.82, 2.24) is 4.90 Å². The van der Waals surface area contributed by atoms with Crippen LogP contribution < -0.4 is 0 Å². The van der Waals surface area contributed by atoms with Crippen molar-refractivity contribution in [3.8, 4) is 0 Å². The highest BCUT2D eigenvalue weighted by molar-refractivity contribution is 7.91. The Morgan fingerprint density at radius 2 is 1.71 bits per heavy atom. The summed E-state index contributed by atoms with van der Waals surface area (Å²) in [6.45, 7) is 5.23. The first-order valence-electron chi connectivity index (χ1n) is 6.37.